The number of nitrogens with one attached hydrogen (secondary N) is 1. The number of hydrogen-bond acceptors (Lipinski definition) is 3. The summed E-state index contributed by atoms with van der Waals surface area (Å²) in [6.45, 7) is 5.83. The second-order valence-electron chi connectivity index (χ2n) is 4.17. The average molecular weight is 274 g/mol. The summed E-state index contributed by atoms with van der Waals surface area (Å²) in [5.41, 5.74) is 0.519. The van der Waals surface area contributed by atoms with Gasteiger partial charge in [-0.3, -0.25) is 5.32 Å². The van der Waals surface area contributed by atoms with E-state index in [1.165, 1.54) is 18.2 Å². The summed E-state index contributed by atoms with van der Waals surface area (Å²) < 4.78 is 18.0. The number of benzene rings is 1. The van der Waals surface area contributed by atoms with E-state index in [9.17, 15) is 9.18 Å². The second-order valence-corrected chi connectivity index (χ2v) is 4.58. The molecule has 0 fully saturated rings. The van der Waals surface area contributed by atoms with Crippen LogP contribution in [0.25, 0.3) is 0 Å². The van der Waals surface area contributed by atoms with Crippen LogP contribution in [0.3, 0.4) is 0 Å². The van der Waals surface area contributed by atoms with Gasteiger partial charge in [0.1, 0.15) is 11.9 Å². The summed E-state index contributed by atoms with van der Waals surface area (Å²) >= 11 is 5.96. The highest BCUT2D eigenvalue weighted by Crippen LogP contribution is 2.25. The minimum atomic E-state index is -0.682. The minimum absolute atomic E-state index is 0.0699. The Bertz CT molecular complexity index is 423. The number of carbonyl (C=O) groups excluding carboxylic acids is 1. The van der Waals surface area contributed by atoms with E-state index in [1.807, 2.05) is 13.8 Å². The van der Waals surface area contributed by atoms with Gasteiger partial charge < -0.3 is 4.74 Å². The Kier molecular flexibility index (Phi) is 5.56. The third kappa shape index (κ3) is 3.96. The molecule has 1 atom stereocenters. The molecule has 5 heteroatoms. The summed E-state index contributed by atoms with van der Waals surface area (Å²) in [7, 11) is 0. The van der Waals surface area contributed by atoms with E-state index in [0.717, 1.165) is 0 Å². The van der Waals surface area contributed by atoms with Crippen molar-refractivity contribution in [2.45, 2.75) is 32.9 Å². The van der Waals surface area contributed by atoms with E-state index in [0.29, 0.717) is 5.56 Å². The Morgan fingerprint density at radius 1 is 1.50 bits per heavy atom. The normalized spacial score (nSPS) is 12.6. The van der Waals surface area contributed by atoms with Crippen LogP contribution < -0.4 is 5.32 Å². The number of rotatable bonds is 5. The first-order valence-electron chi connectivity index (χ1n) is 5.83. The van der Waals surface area contributed by atoms with E-state index < -0.39 is 17.8 Å². The first kappa shape index (κ1) is 14.9. The fraction of sp³-hybridized carbons (Fsp3) is 0.462. The zero-order valence-corrected chi connectivity index (χ0v) is 11.4. The third-order valence-electron chi connectivity index (χ3n) is 2.30. The maximum atomic E-state index is 13.0. The van der Waals surface area contributed by atoms with E-state index in [4.69, 9.17) is 16.3 Å². The highest BCUT2D eigenvalue weighted by atomic mass is 35.5. The molecule has 18 heavy (non-hydrogen) atoms. The van der Waals surface area contributed by atoms with Gasteiger partial charge in [0.2, 0.25) is 0 Å². The second kappa shape index (κ2) is 6.71. The van der Waals surface area contributed by atoms with Crippen LogP contribution in [-0.2, 0) is 9.53 Å². The van der Waals surface area contributed by atoms with Gasteiger partial charge in [-0.15, -0.1) is 0 Å². The van der Waals surface area contributed by atoms with Crippen LogP contribution in [-0.4, -0.2) is 18.6 Å². The largest absolute Gasteiger partial charge is 0.465 e. The predicted octanol–water partition coefficient (Wildman–Crippen LogP) is 3.08. The standard InChI is InChI=1S/C13H17ClFNO2/c1-4-18-13(17)12(16-8(2)3)10-6-5-9(15)7-11(10)14/h5-8,12,16H,4H2,1-3H3. The van der Waals surface area contributed by atoms with Crippen LogP contribution in [0.1, 0.15) is 32.4 Å². The van der Waals surface area contributed by atoms with Crippen molar-refractivity contribution in [3.05, 3.63) is 34.6 Å². The summed E-state index contributed by atoms with van der Waals surface area (Å²) in [5, 5.41) is 3.27. The molecule has 1 aromatic carbocycles. The molecule has 1 aromatic rings. The molecule has 0 saturated heterocycles. The summed E-state index contributed by atoms with van der Waals surface area (Å²) in [6.07, 6.45) is 0. The number of halogens is 2. The molecule has 1 unspecified atom stereocenters. The summed E-state index contributed by atoms with van der Waals surface area (Å²) in [4.78, 5) is 11.9. The fourth-order valence-corrected chi connectivity index (χ4v) is 1.86. The molecule has 0 radical (unpaired) electrons. The number of ether oxygens (including phenoxy) is 1. The van der Waals surface area contributed by atoms with Crippen molar-refractivity contribution in [1.29, 1.82) is 0 Å². The number of esters is 1. The van der Waals surface area contributed by atoms with Gasteiger partial charge >= 0.3 is 5.97 Å². The maximum Gasteiger partial charge on any atom is 0.327 e. The van der Waals surface area contributed by atoms with Crippen LogP contribution >= 0.6 is 11.6 Å². The quantitative estimate of drug-likeness (QED) is 0.838. The topological polar surface area (TPSA) is 38.3 Å². The molecule has 3 nitrogen and oxygen atoms in total. The zero-order valence-electron chi connectivity index (χ0n) is 10.7. The molecule has 0 heterocycles. The van der Waals surface area contributed by atoms with Gasteiger partial charge in [-0.2, -0.15) is 0 Å². The van der Waals surface area contributed by atoms with Gasteiger partial charge in [-0.25, -0.2) is 9.18 Å². The SMILES string of the molecule is CCOC(=O)C(NC(C)C)c1ccc(F)cc1Cl. The van der Waals surface area contributed by atoms with Crippen LogP contribution in [0, 0.1) is 5.82 Å². The van der Waals surface area contributed by atoms with Crippen LogP contribution in [0.15, 0.2) is 18.2 Å². The molecule has 1 rings (SSSR count). The van der Waals surface area contributed by atoms with Crippen molar-refractivity contribution in [3.63, 3.8) is 0 Å². The van der Waals surface area contributed by atoms with Gasteiger partial charge in [0.15, 0.2) is 0 Å². The lowest BCUT2D eigenvalue weighted by Gasteiger charge is -2.21. The molecule has 1 N–H and O–H groups in total. The van der Waals surface area contributed by atoms with Gasteiger partial charge in [0.05, 0.1) is 6.61 Å². The van der Waals surface area contributed by atoms with E-state index in [2.05, 4.69) is 5.32 Å². The van der Waals surface area contributed by atoms with Crippen molar-refractivity contribution in [2.24, 2.45) is 0 Å². The molecule has 0 aliphatic rings. The molecule has 0 saturated carbocycles. The third-order valence-corrected chi connectivity index (χ3v) is 2.62. The van der Waals surface area contributed by atoms with E-state index in [-0.39, 0.29) is 17.7 Å². The Balaban J connectivity index is 3.04. The number of carbonyl (C=O) groups is 1. The van der Waals surface area contributed by atoms with Crippen molar-refractivity contribution < 1.29 is 13.9 Å². The molecule has 0 aliphatic heterocycles. The maximum absolute atomic E-state index is 13.0. The van der Waals surface area contributed by atoms with Crippen molar-refractivity contribution in [1.82, 2.24) is 5.32 Å². The smallest absolute Gasteiger partial charge is 0.327 e. The van der Waals surface area contributed by atoms with Gasteiger partial charge in [0, 0.05) is 11.1 Å². The van der Waals surface area contributed by atoms with E-state index >= 15 is 0 Å². The first-order chi connectivity index (χ1) is 8.45. The Hall–Kier alpha value is -1.13. The minimum Gasteiger partial charge on any atom is -0.465 e. The number of hydrogen-bond donors (Lipinski definition) is 1. The van der Waals surface area contributed by atoms with Crippen LogP contribution in [0.2, 0.25) is 5.02 Å². The van der Waals surface area contributed by atoms with Gasteiger partial charge in [-0.05, 0) is 38.5 Å². The lowest BCUT2D eigenvalue weighted by Crippen LogP contribution is -2.35. The molecule has 0 bridgehead atoms. The summed E-state index contributed by atoms with van der Waals surface area (Å²) in [5.74, 6) is -0.851. The van der Waals surface area contributed by atoms with Gasteiger partial charge in [-0.1, -0.05) is 17.7 Å². The van der Waals surface area contributed by atoms with Crippen molar-refractivity contribution in [3.8, 4) is 0 Å². The Morgan fingerprint density at radius 2 is 2.17 bits per heavy atom. The van der Waals surface area contributed by atoms with Crippen LogP contribution in [0.5, 0.6) is 0 Å². The molecular weight excluding hydrogens is 257 g/mol. The van der Waals surface area contributed by atoms with E-state index in [1.54, 1.807) is 6.92 Å². The molecule has 0 spiro atoms. The zero-order chi connectivity index (χ0) is 13.7. The monoisotopic (exact) mass is 273 g/mol. The van der Waals surface area contributed by atoms with Gasteiger partial charge in [0.25, 0.3) is 0 Å². The highest BCUT2D eigenvalue weighted by molar-refractivity contribution is 6.31. The molecule has 0 aromatic heterocycles. The first-order valence-corrected chi connectivity index (χ1v) is 6.21. The van der Waals surface area contributed by atoms with Crippen molar-refractivity contribution >= 4 is 17.6 Å². The highest BCUT2D eigenvalue weighted by Gasteiger charge is 2.24. The molecule has 100 valence electrons. The Labute approximate surface area is 111 Å². The summed E-state index contributed by atoms with van der Waals surface area (Å²) in [6, 6.07) is 3.34. The molecular formula is C13H17ClFNO2. The predicted molar refractivity (Wildman–Crippen MR) is 69.1 cm³/mol. The van der Waals surface area contributed by atoms with Crippen LogP contribution in [0.4, 0.5) is 4.39 Å². The lowest BCUT2D eigenvalue weighted by atomic mass is 10.1. The lowest BCUT2D eigenvalue weighted by molar-refractivity contribution is -0.146. The fourth-order valence-electron chi connectivity index (χ4n) is 1.58. The Morgan fingerprint density at radius 3 is 2.67 bits per heavy atom. The van der Waals surface area contributed by atoms with Crippen molar-refractivity contribution in [2.75, 3.05) is 6.61 Å². The molecule has 0 amide bonds. The average Bonchev–Trinajstić information content (AvgIpc) is 2.26. The molecule has 0 aliphatic carbocycles.